The maximum absolute atomic E-state index is 13.9. The molecule has 4 aromatic rings. The van der Waals surface area contributed by atoms with Gasteiger partial charge in [-0.3, -0.25) is 14.7 Å². The number of benzene rings is 2. The Labute approximate surface area is 221 Å². The minimum absolute atomic E-state index is 0.0776. The molecule has 1 aliphatic heterocycles. The number of aryl methyl sites for hydroxylation is 1. The van der Waals surface area contributed by atoms with Crippen molar-refractivity contribution in [3.8, 4) is 0 Å². The van der Waals surface area contributed by atoms with Gasteiger partial charge in [-0.15, -0.1) is 5.10 Å². The highest BCUT2D eigenvalue weighted by Gasteiger charge is 2.39. The molecule has 194 valence electrons. The topological polar surface area (TPSA) is 102 Å². The smallest absolute Gasteiger partial charge is 0.360 e. The van der Waals surface area contributed by atoms with Gasteiger partial charge in [0, 0.05) is 18.8 Å². The third-order valence-electron chi connectivity index (χ3n) is 6.83. The summed E-state index contributed by atoms with van der Waals surface area (Å²) >= 11 is 0. The minimum atomic E-state index is -0.544. The van der Waals surface area contributed by atoms with Crippen LogP contribution in [0.3, 0.4) is 0 Å². The Kier molecular flexibility index (Phi) is 7.55. The summed E-state index contributed by atoms with van der Waals surface area (Å²) in [6.45, 7) is 3.02. The number of likely N-dealkylation sites (tertiary alicyclic amines) is 1. The molecule has 2 aromatic heterocycles. The van der Waals surface area contributed by atoms with Crippen LogP contribution < -0.4 is 5.32 Å². The molecule has 0 saturated carbocycles. The Morgan fingerprint density at radius 1 is 1.00 bits per heavy atom. The third-order valence-corrected chi connectivity index (χ3v) is 6.83. The van der Waals surface area contributed by atoms with Crippen LogP contribution in [-0.2, 0) is 16.1 Å². The first-order chi connectivity index (χ1) is 18.5. The summed E-state index contributed by atoms with van der Waals surface area (Å²) in [6, 6.07) is 24.9. The van der Waals surface area contributed by atoms with Crippen molar-refractivity contribution in [1.82, 2.24) is 30.2 Å². The van der Waals surface area contributed by atoms with Gasteiger partial charge in [0.05, 0.1) is 37.1 Å². The van der Waals surface area contributed by atoms with Crippen LogP contribution in [-0.4, -0.2) is 56.5 Å². The van der Waals surface area contributed by atoms with Crippen molar-refractivity contribution in [3.63, 3.8) is 0 Å². The lowest BCUT2D eigenvalue weighted by Crippen LogP contribution is -2.44. The van der Waals surface area contributed by atoms with Crippen molar-refractivity contribution in [3.05, 3.63) is 113 Å². The predicted molar refractivity (Wildman–Crippen MR) is 141 cm³/mol. The van der Waals surface area contributed by atoms with E-state index in [4.69, 9.17) is 4.74 Å². The van der Waals surface area contributed by atoms with Gasteiger partial charge in [0.2, 0.25) is 5.91 Å². The molecule has 1 fully saturated rings. The zero-order chi connectivity index (χ0) is 26.5. The van der Waals surface area contributed by atoms with Crippen LogP contribution in [0.15, 0.2) is 85.1 Å². The van der Waals surface area contributed by atoms with Crippen LogP contribution in [0.1, 0.15) is 51.5 Å². The van der Waals surface area contributed by atoms with Crippen molar-refractivity contribution in [2.45, 2.75) is 38.0 Å². The Balaban J connectivity index is 1.42. The molecular formula is C29H30N6O3. The molecule has 9 nitrogen and oxygen atoms in total. The van der Waals surface area contributed by atoms with Gasteiger partial charge in [0.15, 0.2) is 5.69 Å². The van der Waals surface area contributed by atoms with Crippen molar-refractivity contribution in [2.75, 3.05) is 13.7 Å². The largest absolute Gasteiger partial charge is 0.464 e. The number of methoxy groups -OCH3 is 1. The molecule has 9 heteroatoms. The molecule has 1 aliphatic rings. The van der Waals surface area contributed by atoms with Gasteiger partial charge in [-0.1, -0.05) is 71.9 Å². The van der Waals surface area contributed by atoms with E-state index in [1.807, 2.05) is 85.8 Å². The molecule has 0 aliphatic carbocycles. The van der Waals surface area contributed by atoms with E-state index in [1.165, 1.54) is 7.11 Å². The normalized spacial score (nSPS) is 17.4. The fraction of sp³-hybridized carbons (Fsp3) is 0.276. The van der Waals surface area contributed by atoms with Crippen LogP contribution in [0.4, 0.5) is 0 Å². The van der Waals surface area contributed by atoms with E-state index in [0.717, 1.165) is 22.5 Å². The van der Waals surface area contributed by atoms with E-state index < -0.39 is 12.0 Å². The number of hydrogen-bond donors (Lipinski definition) is 1. The fourth-order valence-corrected chi connectivity index (χ4v) is 4.96. The Bertz CT molecular complexity index is 1350. The summed E-state index contributed by atoms with van der Waals surface area (Å²) in [5.41, 5.74) is 3.96. The van der Waals surface area contributed by atoms with E-state index >= 15 is 0 Å². The van der Waals surface area contributed by atoms with Gasteiger partial charge in [0.25, 0.3) is 0 Å². The molecule has 38 heavy (non-hydrogen) atoms. The first-order valence-electron chi connectivity index (χ1n) is 12.6. The zero-order valence-electron chi connectivity index (χ0n) is 21.4. The summed E-state index contributed by atoms with van der Waals surface area (Å²) in [4.78, 5) is 32.6. The molecule has 0 spiro atoms. The molecular weight excluding hydrogens is 480 g/mol. The molecule has 2 aromatic carbocycles. The van der Waals surface area contributed by atoms with Gasteiger partial charge >= 0.3 is 5.97 Å². The van der Waals surface area contributed by atoms with Gasteiger partial charge < -0.3 is 10.1 Å². The van der Waals surface area contributed by atoms with E-state index in [2.05, 4.69) is 25.5 Å². The summed E-state index contributed by atoms with van der Waals surface area (Å²) in [7, 11) is 1.31. The second kappa shape index (κ2) is 11.4. The lowest BCUT2D eigenvalue weighted by atomic mass is 9.98. The first-order valence-corrected chi connectivity index (χ1v) is 12.6. The Morgan fingerprint density at radius 3 is 2.32 bits per heavy atom. The standard InChI is InChI=1S/C29H30N6O3/c1-20-10-9-15-23(30-20)17-34-18-24(35-19-25(32-33-35)29(37)38-2)16-26(34)28(36)31-27(21-11-5-3-6-12-21)22-13-7-4-8-14-22/h3-15,19,24,26-27H,16-18H2,1-2H3,(H,31,36)/t24-,26+/m1/s1. The minimum Gasteiger partial charge on any atom is -0.464 e. The number of hydrogen-bond acceptors (Lipinski definition) is 7. The number of ether oxygens (including phenoxy) is 1. The number of aromatic nitrogens is 4. The Morgan fingerprint density at radius 2 is 1.68 bits per heavy atom. The van der Waals surface area contributed by atoms with Gasteiger partial charge in [-0.2, -0.15) is 0 Å². The number of pyridine rings is 1. The van der Waals surface area contributed by atoms with Gasteiger partial charge in [-0.05, 0) is 36.6 Å². The first kappa shape index (κ1) is 25.3. The average molecular weight is 511 g/mol. The number of amides is 1. The summed E-state index contributed by atoms with van der Waals surface area (Å²) < 4.78 is 6.43. The number of esters is 1. The van der Waals surface area contributed by atoms with Crippen LogP contribution in [0.2, 0.25) is 0 Å². The molecule has 3 heterocycles. The van der Waals surface area contributed by atoms with E-state index in [1.54, 1.807) is 10.9 Å². The quantitative estimate of drug-likeness (QED) is 0.362. The molecule has 0 unspecified atom stereocenters. The zero-order valence-corrected chi connectivity index (χ0v) is 21.4. The molecule has 1 amide bonds. The van der Waals surface area contributed by atoms with Crippen molar-refractivity contribution < 1.29 is 14.3 Å². The maximum atomic E-state index is 13.9. The second-order valence-corrected chi connectivity index (χ2v) is 9.44. The number of rotatable bonds is 8. The van der Waals surface area contributed by atoms with E-state index in [9.17, 15) is 9.59 Å². The van der Waals surface area contributed by atoms with E-state index in [-0.39, 0.29) is 23.7 Å². The molecule has 2 atom stereocenters. The lowest BCUT2D eigenvalue weighted by Gasteiger charge is -2.26. The van der Waals surface area contributed by atoms with Crippen molar-refractivity contribution >= 4 is 11.9 Å². The average Bonchev–Trinajstić information content (AvgIpc) is 3.60. The number of carbonyl (C=O) groups excluding carboxylic acids is 2. The molecule has 5 rings (SSSR count). The molecule has 1 saturated heterocycles. The Hall–Kier alpha value is -4.37. The monoisotopic (exact) mass is 510 g/mol. The van der Waals surface area contributed by atoms with Crippen LogP contribution in [0.25, 0.3) is 0 Å². The molecule has 0 radical (unpaired) electrons. The van der Waals surface area contributed by atoms with Gasteiger partial charge in [0.1, 0.15) is 0 Å². The van der Waals surface area contributed by atoms with E-state index in [0.29, 0.717) is 19.5 Å². The maximum Gasteiger partial charge on any atom is 0.360 e. The third kappa shape index (κ3) is 5.63. The highest BCUT2D eigenvalue weighted by Crippen LogP contribution is 2.30. The van der Waals surface area contributed by atoms with Crippen molar-refractivity contribution in [2.24, 2.45) is 0 Å². The second-order valence-electron chi connectivity index (χ2n) is 9.44. The highest BCUT2D eigenvalue weighted by molar-refractivity contribution is 5.86. The SMILES string of the molecule is COC(=O)c1cn([C@@H]2C[C@@H](C(=O)NC(c3ccccc3)c3ccccc3)N(Cc3cccc(C)n3)C2)nn1. The van der Waals surface area contributed by atoms with Crippen LogP contribution >= 0.6 is 0 Å². The van der Waals surface area contributed by atoms with Crippen LogP contribution in [0, 0.1) is 6.92 Å². The number of nitrogens with one attached hydrogen (secondary N) is 1. The van der Waals surface area contributed by atoms with Gasteiger partial charge in [-0.25, -0.2) is 9.48 Å². The summed E-state index contributed by atoms with van der Waals surface area (Å²) in [5.74, 6) is -0.621. The highest BCUT2D eigenvalue weighted by atomic mass is 16.5. The number of carbonyl (C=O) groups is 2. The molecule has 0 bridgehead atoms. The number of nitrogens with zero attached hydrogens (tertiary/aromatic N) is 5. The van der Waals surface area contributed by atoms with Crippen LogP contribution in [0.5, 0.6) is 0 Å². The molecule has 1 N–H and O–H groups in total. The fourth-order valence-electron chi connectivity index (χ4n) is 4.96. The van der Waals surface area contributed by atoms with Crippen molar-refractivity contribution in [1.29, 1.82) is 0 Å². The predicted octanol–water partition coefficient (Wildman–Crippen LogP) is 3.49. The lowest BCUT2D eigenvalue weighted by molar-refractivity contribution is -0.126. The summed E-state index contributed by atoms with van der Waals surface area (Å²) in [5, 5.41) is 11.4. The summed E-state index contributed by atoms with van der Waals surface area (Å²) in [6.07, 6.45) is 2.09.